The van der Waals surface area contributed by atoms with Gasteiger partial charge in [-0.25, -0.2) is 22.6 Å². The fraction of sp³-hybridized carbons (Fsp3) is 0.0909. The van der Waals surface area contributed by atoms with Crippen molar-refractivity contribution in [2.24, 2.45) is 0 Å². The molecule has 4 aromatic rings. The van der Waals surface area contributed by atoms with Crippen molar-refractivity contribution >= 4 is 27.3 Å². The highest BCUT2D eigenvalue weighted by molar-refractivity contribution is 7.89. The fourth-order valence-corrected chi connectivity index (χ4v) is 4.63. The molecule has 0 aliphatic carbocycles. The van der Waals surface area contributed by atoms with Crippen molar-refractivity contribution in [1.82, 2.24) is 14.5 Å². The number of sulfonamides is 1. The van der Waals surface area contributed by atoms with Crippen molar-refractivity contribution in [3.05, 3.63) is 101 Å². The molecule has 0 amide bonds. The molecule has 2 aromatic heterocycles. The second kappa shape index (κ2) is 9.25. The monoisotopic (exact) mass is 453 g/mol. The first kappa shape index (κ1) is 21.0. The largest absolute Gasteiger partial charge is 0.456 e. The molecular weight excluding hydrogens is 434 g/mol. The van der Waals surface area contributed by atoms with E-state index in [0.717, 1.165) is 10.6 Å². The number of para-hydroxylation sites is 1. The summed E-state index contributed by atoms with van der Waals surface area (Å²) in [6.45, 7) is 0.172. The van der Waals surface area contributed by atoms with E-state index in [1.54, 1.807) is 16.9 Å². The number of benzene rings is 2. The van der Waals surface area contributed by atoms with Gasteiger partial charge in [-0.15, -0.1) is 11.3 Å². The van der Waals surface area contributed by atoms with Crippen LogP contribution in [0.4, 0.5) is 0 Å². The van der Waals surface area contributed by atoms with Crippen molar-refractivity contribution in [1.29, 1.82) is 0 Å². The first-order valence-electron chi connectivity index (χ1n) is 9.40. The van der Waals surface area contributed by atoms with E-state index >= 15 is 0 Å². The van der Waals surface area contributed by atoms with Crippen LogP contribution < -0.4 is 4.72 Å². The van der Waals surface area contributed by atoms with Crippen LogP contribution in [-0.2, 0) is 27.9 Å². The van der Waals surface area contributed by atoms with Crippen molar-refractivity contribution in [3.63, 3.8) is 0 Å². The van der Waals surface area contributed by atoms with Gasteiger partial charge in [0.1, 0.15) is 12.3 Å². The predicted octanol–water partition coefficient (Wildman–Crippen LogP) is 3.77. The minimum atomic E-state index is -3.75. The lowest BCUT2D eigenvalue weighted by Crippen LogP contribution is -2.23. The number of hydrogen-bond acceptors (Lipinski definition) is 6. The molecule has 0 unspecified atom stereocenters. The third-order valence-corrected chi connectivity index (χ3v) is 6.69. The van der Waals surface area contributed by atoms with Gasteiger partial charge in [-0.05, 0) is 47.8 Å². The smallest absolute Gasteiger partial charge is 0.338 e. The number of ether oxygens (including phenoxy) is 1. The van der Waals surface area contributed by atoms with Crippen LogP contribution >= 0.6 is 11.3 Å². The number of carbonyl (C=O) groups excluding carboxylic acids is 1. The van der Waals surface area contributed by atoms with Gasteiger partial charge in [0.15, 0.2) is 0 Å². The lowest BCUT2D eigenvalue weighted by Gasteiger charge is -2.08. The summed E-state index contributed by atoms with van der Waals surface area (Å²) < 4.78 is 34.6. The zero-order valence-corrected chi connectivity index (χ0v) is 18.0. The van der Waals surface area contributed by atoms with Gasteiger partial charge in [0.25, 0.3) is 0 Å². The molecule has 0 aliphatic heterocycles. The SMILES string of the molecule is O=C(OCc1ccn(-c2ccccc2)n1)c1cccc(S(=O)(=O)NCc2cccs2)c1. The first-order valence-corrected chi connectivity index (χ1v) is 11.8. The Balaban J connectivity index is 1.39. The van der Waals surface area contributed by atoms with Crippen LogP contribution in [0.5, 0.6) is 0 Å². The van der Waals surface area contributed by atoms with E-state index in [2.05, 4.69) is 9.82 Å². The molecule has 0 fully saturated rings. The topological polar surface area (TPSA) is 90.3 Å². The molecule has 1 N–H and O–H groups in total. The molecule has 31 heavy (non-hydrogen) atoms. The lowest BCUT2D eigenvalue weighted by atomic mass is 10.2. The molecule has 0 aliphatic rings. The van der Waals surface area contributed by atoms with E-state index in [4.69, 9.17) is 4.74 Å². The predicted molar refractivity (Wildman–Crippen MR) is 117 cm³/mol. The number of nitrogens with one attached hydrogen (secondary N) is 1. The van der Waals surface area contributed by atoms with Crippen LogP contribution in [0.3, 0.4) is 0 Å². The first-order chi connectivity index (χ1) is 15.0. The number of esters is 1. The number of aromatic nitrogens is 2. The minimum Gasteiger partial charge on any atom is -0.456 e. The summed E-state index contributed by atoms with van der Waals surface area (Å²) in [5, 5.41) is 6.26. The van der Waals surface area contributed by atoms with Crippen LogP contribution in [0.2, 0.25) is 0 Å². The van der Waals surface area contributed by atoms with Crippen LogP contribution in [0.1, 0.15) is 20.9 Å². The molecule has 0 atom stereocenters. The second-order valence-electron chi connectivity index (χ2n) is 6.60. The zero-order chi connectivity index (χ0) is 21.7. The quantitative estimate of drug-likeness (QED) is 0.410. The second-order valence-corrected chi connectivity index (χ2v) is 9.39. The Morgan fingerprint density at radius 1 is 1.03 bits per heavy atom. The van der Waals surface area contributed by atoms with E-state index in [0.29, 0.717) is 5.69 Å². The molecule has 0 spiro atoms. The molecule has 2 heterocycles. The Kier molecular flexibility index (Phi) is 6.26. The van der Waals surface area contributed by atoms with Gasteiger partial charge in [0.2, 0.25) is 10.0 Å². The third-order valence-electron chi connectivity index (χ3n) is 4.41. The average molecular weight is 454 g/mol. The van der Waals surface area contributed by atoms with Gasteiger partial charge < -0.3 is 4.74 Å². The summed E-state index contributed by atoms with van der Waals surface area (Å²) in [4.78, 5) is 13.4. The molecule has 0 radical (unpaired) electrons. The van der Waals surface area contributed by atoms with E-state index in [1.165, 1.54) is 35.6 Å². The van der Waals surface area contributed by atoms with Crippen molar-refractivity contribution in [2.45, 2.75) is 18.0 Å². The molecule has 4 rings (SSSR count). The Morgan fingerprint density at radius 2 is 1.87 bits per heavy atom. The number of rotatable bonds is 8. The number of nitrogens with zero attached hydrogens (tertiary/aromatic N) is 2. The van der Waals surface area contributed by atoms with Crippen molar-refractivity contribution < 1.29 is 17.9 Å². The highest BCUT2D eigenvalue weighted by atomic mass is 32.2. The average Bonchev–Trinajstić information content (AvgIpc) is 3.49. The van der Waals surface area contributed by atoms with Crippen molar-refractivity contribution in [3.8, 4) is 5.69 Å². The zero-order valence-electron chi connectivity index (χ0n) is 16.3. The molecule has 0 saturated heterocycles. The van der Waals surface area contributed by atoms with Crippen molar-refractivity contribution in [2.75, 3.05) is 0 Å². The minimum absolute atomic E-state index is 0.00635. The maximum absolute atomic E-state index is 12.5. The molecule has 0 bridgehead atoms. The Morgan fingerprint density at radius 3 is 2.65 bits per heavy atom. The van der Waals surface area contributed by atoms with Crippen LogP contribution in [0.15, 0.2) is 89.3 Å². The lowest BCUT2D eigenvalue weighted by molar-refractivity contribution is 0.0467. The van der Waals surface area contributed by atoms with Gasteiger partial charge >= 0.3 is 5.97 Å². The summed E-state index contributed by atoms with van der Waals surface area (Å²) >= 11 is 1.46. The Bertz CT molecular complexity index is 1270. The van der Waals surface area contributed by atoms with Crippen LogP contribution in [-0.4, -0.2) is 24.2 Å². The van der Waals surface area contributed by atoms with Gasteiger partial charge in [0, 0.05) is 17.6 Å². The molecule has 2 aromatic carbocycles. The standard InChI is InChI=1S/C22H19N3O4S2/c26-22(29-16-18-11-12-25(24-18)19-7-2-1-3-8-19)17-6-4-10-21(14-17)31(27,28)23-15-20-9-5-13-30-20/h1-14,23H,15-16H2. The summed E-state index contributed by atoms with van der Waals surface area (Å²) in [7, 11) is -3.75. The molecular formula is C22H19N3O4S2. The molecule has 0 saturated carbocycles. The Hall–Kier alpha value is -3.27. The summed E-state index contributed by atoms with van der Waals surface area (Å²) in [5.74, 6) is -0.621. The summed E-state index contributed by atoms with van der Waals surface area (Å²) in [6, 6.07) is 20.8. The van der Waals surface area contributed by atoms with Gasteiger partial charge in [-0.2, -0.15) is 5.10 Å². The van der Waals surface area contributed by atoms with Gasteiger partial charge in [-0.1, -0.05) is 30.3 Å². The maximum atomic E-state index is 12.5. The van der Waals surface area contributed by atoms with E-state index < -0.39 is 16.0 Å². The number of carbonyl (C=O) groups is 1. The highest BCUT2D eigenvalue weighted by Gasteiger charge is 2.17. The number of thiophene rings is 1. The maximum Gasteiger partial charge on any atom is 0.338 e. The summed E-state index contributed by atoms with van der Waals surface area (Å²) in [5.41, 5.74) is 1.63. The van der Waals surface area contributed by atoms with Gasteiger partial charge in [-0.3, -0.25) is 0 Å². The van der Waals surface area contributed by atoms with E-state index in [-0.39, 0.29) is 23.6 Å². The third kappa shape index (κ3) is 5.26. The normalized spacial score (nSPS) is 11.4. The van der Waals surface area contributed by atoms with E-state index in [9.17, 15) is 13.2 Å². The highest BCUT2D eigenvalue weighted by Crippen LogP contribution is 2.15. The van der Waals surface area contributed by atoms with Gasteiger partial charge in [0.05, 0.1) is 16.1 Å². The molecule has 9 heteroatoms. The van der Waals surface area contributed by atoms with Crippen LogP contribution in [0, 0.1) is 0 Å². The molecule has 7 nitrogen and oxygen atoms in total. The summed E-state index contributed by atoms with van der Waals surface area (Å²) in [6.07, 6.45) is 1.78. The Labute approximate surface area is 184 Å². The van der Waals surface area contributed by atoms with E-state index in [1.807, 2.05) is 47.8 Å². The molecule has 158 valence electrons. The fourth-order valence-electron chi connectivity index (χ4n) is 2.84. The number of hydrogen-bond donors (Lipinski definition) is 1. The van der Waals surface area contributed by atoms with Crippen LogP contribution in [0.25, 0.3) is 5.69 Å².